The van der Waals surface area contributed by atoms with Crippen molar-refractivity contribution in [1.29, 1.82) is 0 Å². The van der Waals surface area contributed by atoms with Gasteiger partial charge in [0.25, 0.3) is 0 Å². The Bertz CT molecular complexity index is 965. The SMILES string of the molecule is Cc1csc2nc(-c3ccccn3)nc(NCc3ccccc3)c12. The molecule has 0 aliphatic rings. The van der Waals surface area contributed by atoms with Crippen LogP contribution in [-0.4, -0.2) is 15.0 Å². The van der Waals surface area contributed by atoms with Crippen LogP contribution in [0.25, 0.3) is 21.7 Å². The van der Waals surface area contributed by atoms with Gasteiger partial charge in [-0.1, -0.05) is 36.4 Å². The van der Waals surface area contributed by atoms with Gasteiger partial charge in [-0.05, 0) is 35.6 Å². The molecule has 0 fully saturated rings. The molecule has 1 aromatic carbocycles. The Morgan fingerprint density at radius 1 is 1.00 bits per heavy atom. The molecule has 0 aliphatic heterocycles. The molecule has 4 nitrogen and oxygen atoms in total. The number of hydrogen-bond acceptors (Lipinski definition) is 5. The lowest BCUT2D eigenvalue weighted by molar-refractivity contribution is 1.10. The van der Waals surface area contributed by atoms with E-state index in [-0.39, 0.29) is 0 Å². The third-order valence-electron chi connectivity index (χ3n) is 3.81. The summed E-state index contributed by atoms with van der Waals surface area (Å²) in [6, 6.07) is 16.1. The van der Waals surface area contributed by atoms with Gasteiger partial charge in [0.15, 0.2) is 5.82 Å². The minimum Gasteiger partial charge on any atom is -0.365 e. The van der Waals surface area contributed by atoms with E-state index in [9.17, 15) is 0 Å². The molecule has 4 rings (SSSR count). The van der Waals surface area contributed by atoms with Crippen LogP contribution in [0.4, 0.5) is 5.82 Å². The second kappa shape index (κ2) is 6.37. The lowest BCUT2D eigenvalue weighted by Gasteiger charge is -2.09. The van der Waals surface area contributed by atoms with Crippen LogP contribution in [0.5, 0.6) is 0 Å². The van der Waals surface area contributed by atoms with Crippen LogP contribution < -0.4 is 5.32 Å². The standard InChI is InChI=1S/C19H16N4S/c1-13-12-24-19-16(13)18(21-11-14-7-3-2-4-8-14)22-17(23-19)15-9-5-6-10-20-15/h2-10,12H,11H2,1H3,(H,21,22,23). The molecule has 4 aromatic rings. The minimum atomic E-state index is 0.653. The largest absolute Gasteiger partial charge is 0.365 e. The smallest absolute Gasteiger partial charge is 0.181 e. The Labute approximate surface area is 144 Å². The highest BCUT2D eigenvalue weighted by Gasteiger charge is 2.13. The molecule has 0 saturated heterocycles. The molecule has 0 radical (unpaired) electrons. The Balaban J connectivity index is 1.76. The highest BCUT2D eigenvalue weighted by Crippen LogP contribution is 2.31. The van der Waals surface area contributed by atoms with Crippen molar-refractivity contribution in [2.24, 2.45) is 0 Å². The highest BCUT2D eigenvalue weighted by molar-refractivity contribution is 7.17. The topological polar surface area (TPSA) is 50.7 Å². The zero-order valence-corrected chi connectivity index (χ0v) is 14.0. The summed E-state index contributed by atoms with van der Waals surface area (Å²) in [6.45, 7) is 2.82. The van der Waals surface area contributed by atoms with E-state index in [0.717, 1.165) is 28.3 Å². The number of thiophene rings is 1. The molecule has 0 bridgehead atoms. The predicted molar refractivity (Wildman–Crippen MR) is 99.2 cm³/mol. The molecule has 0 aliphatic carbocycles. The van der Waals surface area contributed by atoms with Gasteiger partial charge in [0.05, 0.1) is 5.39 Å². The summed E-state index contributed by atoms with van der Waals surface area (Å²) in [4.78, 5) is 14.8. The third kappa shape index (κ3) is 2.86. The van der Waals surface area contributed by atoms with Crippen molar-refractivity contribution in [3.63, 3.8) is 0 Å². The van der Waals surface area contributed by atoms with E-state index in [1.807, 2.05) is 36.4 Å². The van der Waals surface area contributed by atoms with E-state index >= 15 is 0 Å². The fraction of sp³-hybridized carbons (Fsp3) is 0.105. The number of hydrogen-bond donors (Lipinski definition) is 1. The van der Waals surface area contributed by atoms with Crippen LogP contribution >= 0.6 is 11.3 Å². The van der Waals surface area contributed by atoms with Crippen molar-refractivity contribution >= 4 is 27.4 Å². The number of aromatic nitrogens is 3. The Morgan fingerprint density at radius 2 is 1.83 bits per heavy atom. The molecular weight excluding hydrogens is 316 g/mol. The predicted octanol–water partition coefficient (Wildman–Crippen LogP) is 4.67. The number of nitrogens with one attached hydrogen (secondary N) is 1. The zero-order chi connectivity index (χ0) is 16.4. The summed E-state index contributed by atoms with van der Waals surface area (Å²) in [6.07, 6.45) is 1.76. The number of fused-ring (bicyclic) bond motifs is 1. The quantitative estimate of drug-likeness (QED) is 0.590. The summed E-state index contributed by atoms with van der Waals surface area (Å²) in [5.74, 6) is 1.52. The number of anilines is 1. The average molecular weight is 332 g/mol. The van der Waals surface area contributed by atoms with Crippen molar-refractivity contribution in [3.8, 4) is 11.5 Å². The fourth-order valence-electron chi connectivity index (χ4n) is 2.60. The summed E-state index contributed by atoms with van der Waals surface area (Å²) in [7, 11) is 0. The van der Waals surface area contributed by atoms with Gasteiger partial charge in [-0.25, -0.2) is 9.97 Å². The third-order valence-corrected chi connectivity index (χ3v) is 4.80. The van der Waals surface area contributed by atoms with Gasteiger partial charge >= 0.3 is 0 Å². The van der Waals surface area contributed by atoms with Crippen LogP contribution in [0.15, 0.2) is 60.1 Å². The van der Waals surface area contributed by atoms with Crippen LogP contribution in [-0.2, 0) is 6.54 Å². The normalized spacial score (nSPS) is 10.9. The van der Waals surface area contributed by atoms with E-state index in [2.05, 4.69) is 39.7 Å². The molecule has 0 amide bonds. The average Bonchev–Trinajstić information content (AvgIpc) is 3.02. The first kappa shape index (κ1) is 14.8. The second-order valence-electron chi connectivity index (χ2n) is 5.55. The van der Waals surface area contributed by atoms with Crippen LogP contribution in [0, 0.1) is 6.92 Å². The van der Waals surface area contributed by atoms with Gasteiger partial charge in [0, 0.05) is 12.7 Å². The van der Waals surface area contributed by atoms with Crippen LogP contribution in [0.1, 0.15) is 11.1 Å². The van der Waals surface area contributed by atoms with Gasteiger partial charge in [-0.2, -0.15) is 0 Å². The maximum atomic E-state index is 4.74. The summed E-state index contributed by atoms with van der Waals surface area (Å²) < 4.78 is 0. The van der Waals surface area contributed by atoms with E-state index < -0.39 is 0 Å². The Morgan fingerprint density at radius 3 is 2.62 bits per heavy atom. The van der Waals surface area contributed by atoms with E-state index in [1.165, 1.54) is 11.1 Å². The fourth-order valence-corrected chi connectivity index (χ4v) is 3.52. The second-order valence-corrected chi connectivity index (χ2v) is 6.41. The van der Waals surface area contributed by atoms with E-state index in [1.54, 1.807) is 17.5 Å². The minimum absolute atomic E-state index is 0.653. The van der Waals surface area contributed by atoms with Gasteiger partial charge in [-0.15, -0.1) is 11.3 Å². The molecule has 118 valence electrons. The molecule has 0 spiro atoms. The first-order valence-corrected chi connectivity index (χ1v) is 8.64. The molecule has 1 N–H and O–H groups in total. The monoisotopic (exact) mass is 332 g/mol. The summed E-state index contributed by atoms with van der Waals surface area (Å²) >= 11 is 1.64. The lowest BCUT2D eigenvalue weighted by Crippen LogP contribution is -2.04. The summed E-state index contributed by atoms with van der Waals surface area (Å²) in [5.41, 5.74) is 3.20. The Kier molecular flexibility index (Phi) is 3.92. The first-order chi connectivity index (χ1) is 11.8. The molecule has 0 unspecified atom stereocenters. The molecule has 0 atom stereocenters. The lowest BCUT2D eigenvalue weighted by atomic mass is 10.2. The Hall–Kier alpha value is -2.79. The molecule has 5 heteroatoms. The van der Waals surface area contributed by atoms with Gasteiger partial charge in [-0.3, -0.25) is 4.98 Å². The van der Waals surface area contributed by atoms with Crippen molar-refractivity contribution in [1.82, 2.24) is 15.0 Å². The maximum absolute atomic E-state index is 4.74. The number of aryl methyl sites for hydroxylation is 1. The molecule has 3 heterocycles. The highest BCUT2D eigenvalue weighted by atomic mass is 32.1. The number of benzene rings is 1. The van der Waals surface area contributed by atoms with Gasteiger partial charge in [0.1, 0.15) is 16.3 Å². The van der Waals surface area contributed by atoms with Gasteiger partial charge in [0.2, 0.25) is 0 Å². The maximum Gasteiger partial charge on any atom is 0.181 e. The summed E-state index contributed by atoms with van der Waals surface area (Å²) in [5, 5.41) is 6.68. The van der Waals surface area contributed by atoms with Crippen molar-refractivity contribution in [3.05, 3.63) is 71.2 Å². The van der Waals surface area contributed by atoms with Gasteiger partial charge < -0.3 is 5.32 Å². The number of nitrogens with zero attached hydrogens (tertiary/aromatic N) is 3. The van der Waals surface area contributed by atoms with E-state index in [4.69, 9.17) is 4.98 Å². The van der Waals surface area contributed by atoms with Crippen LogP contribution in [0.3, 0.4) is 0 Å². The van der Waals surface area contributed by atoms with Crippen molar-refractivity contribution in [2.75, 3.05) is 5.32 Å². The first-order valence-electron chi connectivity index (χ1n) is 7.76. The van der Waals surface area contributed by atoms with E-state index in [0.29, 0.717) is 5.82 Å². The molecule has 3 aromatic heterocycles. The zero-order valence-electron chi connectivity index (χ0n) is 13.2. The van der Waals surface area contributed by atoms with Crippen molar-refractivity contribution in [2.45, 2.75) is 13.5 Å². The van der Waals surface area contributed by atoms with Crippen LogP contribution in [0.2, 0.25) is 0 Å². The van der Waals surface area contributed by atoms with Crippen molar-refractivity contribution < 1.29 is 0 Å². The molecule has 0 saturated carbocycles. The molecule has 24 heavy (non-hydrogen) atoms. The number of rotatable bonds is 4. The molecular formula is C19H16N4S. The number of pyridine rings is 1.